The molecule has 1 aliphatic rings. The number of nitrogens with two attached hydrogens (primary N) is 1. The lowest BCUT2D eigenvalue weighted by atomic mass is 10.0. The van der Waals surface area contributed by atoms with Crippen LogP contribution in [0.15, 0.2) is 46.6 Å². The lowest BCUT2D eigenvalue weighted by molar-refractivity contribution is 0.353. The molecule has 0 aliphatic carbocycles. The molecule has 1 fully saturated rings. The van der Waals surface area contributed by atoms with E-state index in [-0.39, 0.29) is 17.5 Å². The lowest BCUT2D eigenvalue weighted by Crippen LogP contribution is -2.39. The number of benzene rings is 1. The highest BCUT2D eigenvalue weighted by Crippen LogP contribution is 2.33. The van der Waals surface area contributed by atoms with Gasteiger partial charge >= 0.3 is 0 Å². The monoisotopic (exact) mass is 464 g/mol. The first-order valence-corrected chi connectivity index (χ1v) is 11.5. The third-order valence-electron chi connectivity index (χ3n) is 5.94. The van der Waals surface area contributed by atoms with Gasteiger partial charge in [0.2, 0.25) is 5.95 Å². The zero-order chi connectivity index (χ0) is 22.9. The van der Waals surface area contributed by atoms with Gasteiger partial charge in [-0.1, -0.05) is 0 Å². The average Bonchev–Trinajstić information content (AvgIpc) is 3.32. The predicted octanol–water partition coefficient (Wildman–Crippen LogP) is 3.36. The van der Waals surface area contributed by atoms with Crippen LogP contribution >= 0.6 is 11.3 Å². The molecule has 0 saturated carbocycles. The maximum atomic E-state index is 12.7. The van der Waals surface area contributed by atoms with Crippen LogP contribution < -0.4 is 25.7 Å². The van der Waals surface area contributed by atoms with E-state index in [1.54, 1.807) is 42.4 Å². The van der Waals surface area contributed by atoms with Crippen molar-refractivity contribution < 1.29 is 9.47 Å². The fraction of sp³-hybridized carbons (Fsp3) is 0.304. The number of thiophene rings is 1. The number of aromatic nitrogens is 4. The molecule has 9 nitrogen and oxygen atoms in total. The molecule has 4 heterocycles. The second kappa shape index (κ2) is 8.70. The Morgan fingerprint density at radius 3 is 2.58 bits per heavy atom. The first-order valence-electron chi connectivity index (χ1n) is 10.7. The number of nitrogens with zero attached hydrogens (tertiary/aromatic N) is 5. The summed E-state index contributed by atoms with van der Waals surface area (Å²) >= 11 is 1.55. The topological polar surface area (TPSA) is 108 Å². The number of fused-ring (bicyclic) bond motifs is 1. The summed E-state index contributed by atoms with van der Waals surface area (Å²) in [6, 6.07) is 11.0. The smallest absolute Gasteiger partial charge is 0.267 e. The predicted molar refractivity (Wildman–Crippen MR) is 129 cm³/mol. The van der Waals surface area contributed by atoms with Gasteiger partial charge in [0.15, 0.2) is 11.5 Å². The van der Waals surface area contributed by atoms with Gasteiger partial charge in [-0.15, -0.1) is 11.3 Å². The molecule has 0 spiro atoms. The molecule has 3 aromatic heterocycles. The van der Waals surface area contributed by atoms with Crippen LogP contribution in [-0.2, 0) is 0 Å². The van der Waals surface area contributed by atoms with E-state index >= 15 is 0 Å². The molecule has 4 aromatic rings. The molecule has 2 N–H and O–H groups in total. The van der Waals surface area contributed by atoms with E-state index in [0.717, 1.165) is 47.5 Å². The Balaban J connectivity index is 1.39. The van der Waals surface area contributed by atoms with Crippen molar-refractivity contribution in [3.05, 3.63) is 52.1 Å². The highest BCUT2D eigenvalue weighted by molar-refractivity contribution is 7.16. The number of rotatable bonds is 5. The maximum Gasteiger partial charge on any atom is 0.267 e. The minimum atomic E-state index is -0.107. The normalized spacial score (nSPS) is 14.5. The summed E-state index contributed by atoms with van der Waals surface area (Å²) in [7, 11) is 3.19. The standard InChI is InChI=1S/C23H24N6O3S/c1-31-18-5-3-14(13-19(18)32-2)17-4-6-20(30)29(27-17)15-7-10-28(11-8-15)21-16-9-12-33-22(16)26-23(24)25-21/h3-6,9,12-13,15H,7-8,10-11H2,1-2H3,(H2,24,25,26). The van der Waals surface area contributed by atoms with Gasteiger partial charge in [0.1, 0.15) is 10.6 Å². The van der Waals surface area contributed by atoms with Crippen LogP contribution in [0, 0.1) is 0 Å². The van der Waals surface area contributed by atoms with Crippen molar-refractivity contribution in [2.45, 2.75) is 18.9 Å². The van der Waals surface area contributed by atoms with E-state index in [2.05, 4.69) is 14.9 Å². The zero-order valence-electron chi connectivity index (χ0n) is 18.4. The molecule has 10 heteroatoms. The van der Waals surface area contributed by atoms with Gasteiger partial charge in [0.25, 0.3) is 5.56 Å². The molecule has 1 aliphatic heterocycles. The number of ether oxygens (including phenoxy) is 2. The van der Waals surface area contributed by atoms with Crippen molar-refractivity contribution in [3.63, 3.8) is 0 Å². The van der Waals surface area contributed by atoms with Crippen LogP contribution in [0.3, 0.4) is 0 Å². The maximum absolute atomic E-state index is 12.7. The van der Waals surface area contributed by atoms with Crippen LogP contribution in [0.5, 0.6) is 11.5 Å². The third kappa shape index (κ3) is 3.97. The SMILES string of the molecule is COc1ccc(-c2ccc(=O)n(C3CCN(c4nc(N)nc5sccc45)CC3)n2)cc1OC. The summed E-state index contributed by atoms with van der Waals surface area (Å²) in [6.07, 6.45) is 1.55. The van der Waals surface area contributed by atoms with E-state index in [9.17, 15) is 4.79 Å². The van der Waals surface area contributed by atoms with Gasteiger partial charge in [-0.2, -0.15) is 10.1 Å². The van der Waals surface area contributed by atoms with Crippen molar-refractivity contribution >= 4 is 33.3 Å². The van der Waals surface area contributed by atoms with Crippen molar-refractivity contribution in [2.75, 3.05) is 37.9 Å². The van der Waals surface area contributed by atoms with Crippen molar-refractivity contribution in [3.8, 4) is 22.8 Å². The van der Waals surface area contributed by atoms with E-state index < -0.39 is 0 Å². The second-order valence-electron chi connectivity index (χ2n) is 7.83. The van der Waals surface area contributed by atoms with Crippen molar-refractivity contribution in [1.29, 1.82) is 0 Å². The molecule has 1 saturated heterocycles. The van der Waals surface area contributed by atoms with Gasteiger partial charge in [0.05, 0.1) is 31.3 Å². The Kier molecular flexibility index (Phi) is 5.59. The quantitative estimate of drug-likeness (QED) is 0.479. The molecule has 0 amide bonds. The van der Waals surface area contributed by atoms with Gasteiger partial charge in [0, 0.05) is 24.7 Å². The Hall–Kier alpha value is -3.66. The van der Waals surface area contributed by atoms with E-state index in [0.29, 0.717) is 17.2 Å². The Morgan fingerprint density at radius 1 is 1.03 bits per heavy atom. The third-order valence-corrected chi connectivity index (χ3v) is 6.74. The Morgan fingerprint density at radius 2 is 1.82 bits per heavy atom. The minimum Gasteiger partial charge on any atom is -0.493 e. The molecule has 5 rings (SSSR count). The molecule has 1 aromatic carbocycles. The molecule has 0 bridgehead atoms. The summed E-state index contributed by atoms with van der Waals surface area (Å²) < 4.78 is 12.3. The van der Waals surface area contributed by atoms with Gasteiger partial charge < -0.3 is 20.1 Å². The van der Waals surface area contributed by atoms with Crippen molar-refractivity contribution in [1.82, 2.24) is 19.7 Å². The average molecular weight is 465 g/mol. The highest BCUT2D eigenvalue weighted by Gasteiger charge is 2.25. The lowest BCUT2D eigenvalue weighted by Gasteiger charge is -2.33. The second-order valence-corrected chi connectivity index (χ2v) is 8.73. The van der Waals surface area contributed by atoms with E-state index in [1.807, 2.05) is 29.6 Å². The fourth-order valence-electron chi connectivity index (χ4n) is 4.26. The molecule has 170 valence electrons. The number of hydrogen-bond donors (Lipinski definition) is 1. The highest BCUT2D eigenvalue weighted by atomic mass is 32.1. The minimum absolute atomic E-state index is 0.00555. The van der Waals surface area contributed by atoms with Gasteiger partial charge in [-0.25, -0.2) is 9.67 Å². The fourth-order valence-corrected chi connectivity index (χ4v) is 5.02. The van der Waals surface area contributed by atoms with Crippen LogP contribution in [-0.4, -0.2) is 47.1 Å². The Labute approximate surface area is 194 Å². The molecule has 0 atom stereocenters. The zero-order valence-corrected chi connectivity index (χ0v) is 19.2. The summed E-state index contributed by atoms with van der Waals surface area (Å²) in [4.78, 5) is 24.6. The van der Waals surface area contributed by atoms with Gasteiger partial charge in [-0.3, -0.25) is 4.79 Å². The van der Waals surface area contributed by atoms with Crippen LogP contribution in [0.25, 0.3) is 21.5 Å². The summed E-state index contributed by atoms with van der Waals surface area (Å²) in [5.74, 6) is 2.40. The van der Waals surface area contributed by atoms with Gasteiger partial charge in [-0.05, 0) is 48.6 Å². The van der Waals surface area contributed by atoms with Crippen LogP contribution in [0.4, 0.5) is 11.8 Å². The summed E-state index contributed by atoms with van der Waals surface area (Å²) in [5.41, 5.74) is 7.38. The molecular weight excluding hydrogens is 440 g/mol. The number of hydrogen-bond acceptors (Lipinski definition) is 9. The molecule has 33 heavy (non-hydrogen) atoms. The number of nitrogen functional groups attached to an aromatic ring is 1. The van der Waals surface area contributed by atoms with Crippen LogP contribution in [0.1, 0.15) is 18.9 Å². The molecule has 0 unspecified atom stereocenters. The van der Waals surface area contributed by atoms with Crippen LogP contribution in [0.2, 0.25) is 0 Å². The first kappa shape index (κ1) is 21.2. The Bertz CT molecular complexity index is 1360. The molecule has 0 radical (unpaired) electrons. The summed E-state index contributed by atoms with van der Waals surface area (Å²) in [5, 5.41) is 7.71. The number of methoxy groups -OCH3 is 2. The number of piperidine rings is 1. The first-order chi connectivity index (χ1) is 16.1. The van der Waals surface area contributed by atoms with Crippen molar-refractivity contribution in [2.24, 2.45) is 0 Å². The summed E-state index contributed by atoms with van der Waals surface area (Å²) in [6.45, 7) is 1.50. The largest absolute Gasteiger partial charge is 0.493 e. The van der Waals surface area contributed by atoms with E-state index in [1.165, 1.54) is 0 Å². The molecular formula is C23H24N6O3S. The number of anilines is 2. The van der Waals surface area contributed by atoms with E-state index in [4.69, 9.17) is 20.3 Å².